The molecule has 0 fully saturated rings. The molecule has 4 N–H and O–H groups in total. The third-order valence-corrected chi connectivity index (χ3v) is 2.56. The number of nitrogens with one attached hydrogen (secondary N) is 1. The molecule has 0 aliphatic heterocycles. The first kappa shape index (κ1) is 15.2. The second-order valence-electron chi connectivity index (χ2n) is 5.31. The standard InChI is InChI=1S/C14H20N2O3/c1-14(2,15)7-6-12(17)16-11-5-3-4-10(8-11)9-13(18)19/h3-5,8H,6-7,9,15H2,1-2H3,(H,16,17)(H,18,19). The van der Waals surface area contributed by atoms with Crippen LogP contribution in [0.3, 0.4) is 0 Å². The largest absolute Gasteiger partial charge is 0.481 e. The molecule has 104 valence electrons. The molecule has 1 aromatic carbocycles. The van der Waals surface area contributed by atoms with Gasteiger partial charge in [-0.3, -0.25) is 9.59 Å². The third kappa shape index (κ3) is 6.57. The van der Waals surface area contributed by atoms with Gasteiger partial charge < -0.3 is 16.2 Å². The maximum Gasteiger partial charge on any atom is 0.307 e. The Morgan fingerprint density at radius 1 is 1.37 bits per heavy atom. The summed E-state index contributed by atoms with van der Waals surface area (Å²) in [7, 11) is 0. The van der Waals surface area contributed by atoms with Gasteiger partial charge in [0.25, 0.3) is 0 Å². The van der Waals surface area contributed by atoms with E-state index >= 15 is 0 Å². The molecule has 5 nitrogen and oxygen atoms in total. The van der Waals surface area contributed by atoms with Gasteiger partial charge in [0.05, 0.1) is 6.42 Å². The first-order valence-corrected chi connectivity index (χ1v) is 6.16. The number of rotatable bonds is 6. The minimum absolute atomic E-state index is 0.0560. The van der Waals surface area contributed by atoms with Crippen molar-refractivity contribution in [1.82, 2.24) is 0 Å². The van der Waals surface area contributed by atoms with Crippen LogP contribution in [0, 0.1) is 0 Å². The second kappa shape index (κ2) is 6.33. The molecule has 0 saturated carbocycles. The topological polar surface area (TPSA) is 92.4 Å². The van der Waals surface area contributed by atoms with Crippen molar-refractivity contribution < 1.29 is 14.7 Å². The second-order valence-corrected chi connectivity index (χ2v) is 5.31. The number of benzene rings is 1. The fourth-order valence-electron chi connectivity index (χ4n) is 1.59. The molecule has 1 aromatic rings. The fourth-order valence-corrected chi connectivity index (χ4v) is 1.59. The van der Waals surface area contributed by atoms with Gasteiger partial charge >= 0.3 is 5.97 Å². The van der Waals surface area contributed by atoms with Crippen LogP contribution in [-0.4, -0.2) is 22.5 Å². The molecule has 0 radical (unpaired) electrons. The Hall–Kier alpha value is -1.88. The maximum absolute atomic E-state index is 11.7. The summed E-state index contributed by atoms with van der Waals surface area (Å²) in [5.41, 5.74) is 6.70. The Balaban J connectivity index is 2.57. The highest BCUT2D eigenvalue weighted by atomic mass is 16.4. The van der Waals surface area contributed by atoms with Crippen LogP contribution in [0.25, 0.3) is 0 Å². The van der Waals surface area contributed by atoms with E-state index in [0.717, 1.165) is 0 Å². The molecule has 1 rings (SSSR count). The SMILES string of the molecule is CC(C)(N)CCC(=O)Nc1cccc(CC(=O)O)c1. The quantitative estimate of drug-likeness (QED) is 0.730. The van der Waals surface area contributed by atoms with Gasteiger partial charge in [-0.25, -0.2) is 0 Å². The fraction of sp³-hybridized carbons (Fsp3) is 0.429. The van der Waals surface area contributed by atoms with Crippen molar-refractivity contribution in [1.29, 1.82) is 0 Å². The summed E-state index contributed by atoms with van der Waals surface area (Å²) < 4.78 is 0. The number of hydrogen-bond acceptors (Lipinski definition) is 3. The van der Waals surface area contributed by atoms with Crippen molar-refractivity contribution >= 4 is 17.6 Å². The van der Waals surface area contributed by atoms with E-state index in [4.69, 9.17) is 10.8 Å². The van der Waals surface area contributed by atoms with E-state index in [1.807, 2.05) is 13.8 Å². The molecule has 19 heavy (non-hydrogen) atoms. The Bertz CT molecular complexity index is 464. The summed E-state index contributed by atoms with van der Waals surface area (Å²) in [6.45, 7) is 3.74. The summed E-state index contributed by atoms with van der Waals surface area (Å²) in [6, 6.07) is 6.84. The van der Waals surface area contributed by atoms with Crippen LogP contribution in [0.4, 0.5) is 5.69 Å². The third-order valence-electron chi connectivity index (χ3n) is 2.56. The van der Waals surface area contributed by atoms with E-state index in [2.05, 4.69) is 5.32 Å². The van der Waals surface area contributed by atoms with Crippen molar-refractivity contribution in [2.45, 2.75) is 38.6 Å². The number of carboxylic acids is 1. The zero-order chi connectivity index (χ0) is 14.5. The Kier molecular flexibility index (Phi) is 5.06. The van der Waals surface area contributed by atoms with E-state index in [-0.39, 0.29) is 17.9 Å². The molecule has 5 heteroatoms. The lowest BCUT2D eigenvalue weighted by molar-refractivity contribution is -0.136. The highest BCUT2D eigenvalue weighted by Gasteiger charge is 2.13. The maximum atomic E-state index is 11.7. The average molecular weight is 264 g/mol. The lowest BCUT2D eigenvalue weighted by Crippen LogP contribution is -2.33. The van der Waals surface area contributed by atoms with Crippen molar-refractivity contribution in [3.8, 4) is 0 Å². The van der Waals surface area contributed by atoms with E-state index in [0.29, 0.717) is 24.1 Å². The summed E-state index contributed by atoms with van der Waals surface area (Å²) >= 11 is 0. The Morgan fingerprint density at radius 3 is 2.63 bits per heavy atom. The van der Waals surface area contributed by atoms with Crippen LogP contribution in [0.5, 0.6) is 0 Å². The van der Waals surface area contributed by atoms with Crippen LogP contribution in [0.1, 0.15) is 32.3 Å². The molecule has 0 aromatic heterocycles. The smallest absolute Gasteiger partial charge is 0.307 e. The van der Waals surface area contributed by atoms with Gasteiger partial charge in [0.2, 0.25) is 5.91 Å². The van der Waals surface area contributed by atoms with Crippen LogP contribution in [0.15, 0.2) is 24.3 Å². The molecule has 1 amide bonds. The predicted octanol–water partition coefficient (Wildman–Crippen LogP) is 1.77. The number of carbonyl (C=O) groups excluding carboxylic acids is 1. The minimum atomic E-state index is -0.895. The van der Waals surface area contributed by atoms with E-state index < -0.39 is 5.97 Å². The van der Waals surface area contributed by atoms with Crippen molar-refractivity contribution in [2.24, 2.45) is 5.73 Å². The Morgan fingerprint density at radius 2 is 2.05 bits per heavy atom. The van der Waals surface area contributed by atoms with Gasteiger partial charge in [0, 0.05) is 17.6 Å². The summed E-state index contributed by atoms with van der Waals surface area (Å²) in [5, 5.41) is 11.5. The van der Waals surface area contributed by atoms with Crippen LogP contribution >= 0.6 is 0 Å². The highest BCUT2D eigenvalue weighted by Crippen LogP contribution is 2.13. The molecule has 0 aliphatic rings. The molecule has 0 unspecified atom stereocenters. The summed E-state index contributed by atoms with van der Waals surface area (Å²) in [4.78, 5) is 22.3. The van der Waals surface area contributed by atoms with E-state index in [1.54, 1.807) is 24.3 Å². The number of carbonyl (C=O) groups is 2. The van der Waals surface area contributed by atoms with Gasteiger partial charge in [-0.2, -0.15) is 0 Å². The van der Waals surface area contributed by atoms with Crippen molar-refractivity contribution in [3.63, 3.8) is 0 Å². The molecule has 0 heterocycles. The first-order valence-electron chi connectivity index (χ1n) is 6.16. The van der Waals surface area contributed by atoms with Gasteiger partial charge in [-0.1, -0.05) is 12.1 Å². The molecular formula is C14H20N2O3. The molecule has 0 aliphatic carbocycles. The lowest BCUT2D eigenvalue weighted by atomic mass is 10.00. The highest BCUT2D eigenvalue weighted by molar-refractivity contribution is 5.90. The molecule has 0 bridgehead atoms. The number of nitrogens with two attached hydrogens (primary N) is 1. The number of anilines is 1. The summed E-state index contributed by atoms with van der Waals surface area (Å²) in [5.74, 6) is -1.01. The van der Waals surface area contributed by atoms with Crippen LogP contribution < -0.4 is 11.1 Å². The van der Waals surface area contributed by atoms with Crippen LogP contribution in [0.2, 0.25) is 0 Å². The average Bonchev–Trinajstić information content (AvgIpc) is 2.25. The zero-order valence-electron chi connectivity index (χ0n) is 11.3. The van der Waals surface area contributed by atoms with Crippen LogP contribution in [-0.2, 0) is 16.0 Å². The predicted molar refractivity (Wildman–Crippen MR) is 73.9 cm³/mol. The number of hydrogen-bond donors (Lipinski definition) is 3. The van der Waals surface area contributed by atoms with E-state index in [9.17, 15) is 9.59 Å². The van der Waals surface area contributed by atoms with E-state index in [1.165, 1.54) is 0 Å². The molecule has 0 saturated heterocycles. The van der Waals surface area contributed by atoms with Gasteiger partial charge in [-0.15, -0.1) is 0 Å². The molecule has 0 spiro atoms. The molecule has 0 atom stereocenters. The monoisotopic (exact) mass is 264 g/mol. The lowest BCUT2D eigenvalue weighted by Gasteiger charge is -2.17. The number of amides is 1. The Labute approximate surface area is 112 Å². The van der Waals surface area contributed by atoms with Gasteiger partial charge in [-0.05, 0) is 38.0 Å². The summed E-state index contributed by atoms with van der Waals surface area (Å²) in [6.07, 6.45) is 0.875. The zero-order valence-corrected chi connectivity index (χ0v) is 11.3. The number of aliphatic carboxylic acids is 1. The van der Waals surface area contributed by atoms with Gasteiger partial charge in [0.15, 0.2) is 0 Å². The normalized spacial score (nSPS) is 11.1. The first-order chi connectivity index (χ1) is 8.76. The minimum Gasteiger partial charge on any atom is -0.481 e. The van der Waals surface area contributed by atoms with Crippen molar-refractivity contribution in [3.05, 3.63) is 29.8 Å². The van der Waals surface area contributed by atoms with Crippen molar-refractivity contribution in [2.75, 3.05) is 5.32 Å². The molecular weight excluding hydrogens is 244 g/mol. The number of carboxylic acid groups (broad SMARTS) is 1. The van der Waals surface area contributed by atoms with Gasteiger partial charge in [0.1, 0.15) is 0 Å².